The average Bonchev–Trinajstić information content (AvgIpc) is 3.37. The van der Waals surface area contributed by atoms with Crippen molar-refractivity contribution in [3.63, 3.8) is 0 Å². The van der Waals surface area contributed by atoms with Crippen LogP contribution in [-0.4, -0.2) is 9.55 Å². The Labute approximate surface area is 149 Å². The van der Waals surface area contributed by atoms with E-state index >= 15 is 0 Å². The lowest BCUT2D eigenvalue weighted by atomic mass is 10.1. The Morgan fingerprint density at radius 3 is 2.75 bits per heavy atom. The largest absolute Gasteiger partial charge is 0.334 e. The molecule has 0 radical (unpaired) electrons. The predicted molar refractivity (Wildman–Crippen MR) is 95.1 cm³/mol. The number of nitrogens with one attached hydrogen (secondary N) is 1. The second-order valence-corrected chi connectivity index (χ2v) is 6.88. The number of aromatic nitrogens is 2. The van der Waals surface area contributed by atoms with Gasteiger partial charge in [-0.1, -0.05) is 23.2 Å². The number of nitriles is 1. The summed E-state index contributed by atoms with van der Waals surface area (Å²) < 4.78 is 1.61. The summed E-state index contributed by atoms with van der Waals surface area (Å²) in [6.45, 7) is 3.81. The highest BCUT2D eigenvalue weighted by molar-refractivity contribution is 6.33. The lowest BCUT2D eigenvalue weighted by Crippen LogP contribution is -2.27. The van der Waals surface area contributed by atoms with Crippen molar-refractivity contribution in [2.75, 3.05) is 5.32 Å². The van der Waals surface area contributed by atoms with Gasteiger partial charge in [0, 0.05) is 12.2 Å². The molecule has 1 saturated carbocycles. The number of aryl methyl sites for hydroxylation is 1. The molecular weight excluding hydrogens is 347 g/mol. The van der Waals surface area contributed by atoms with Crippen LogP contribution in [0.15, 0.2) is 23.1 Å². The number of hydrogen-bond donors (Lipinski definition) is 1. The van der Waals surface area contributed by atoms with E-state index in [4.69, 9.17) is 28.5 Å². The number of halogens is 2. The van der Waals surface area contributed by atoms with Crippen molar-refractivity contribution >= 4 is 34.7 Å². The van der Waals surface area contributed by atoms with Gasteiger partial charge in [0.05, 0.1) is 22.3 Å². The normalized spacial score (nSPS) is 15.0. The minimum absolute atomic E-state index is 0.0710. The summed E-state index contributed by atoms with van der Waals surface area (Å²) in [6.07, 6.45) is 3.80. The molecule has 0 amide bonds. The first-order valence-corrected chi connectivity index (χ1v) is 8.42. The van der Waals surface area contributed by atoms with Crippen LogP contribution in [-0.2, 0) is 0 Å². The third-order valence-electron chi connectivity index (χ3n) is 4.33. The summed E-state index contributed by atoms with van der Waals surface area (Å²) in [7, 11) is 0. The maximum atomic E-state index is 12.7. The Morgan fingerprint density at radius 2 is 2.12 bits per heavy atom. The summed E-state index contributed by atoms with van der Waals surface area (Å²) in [5.41, 5.74) is 1.45. The van der Waals surface area contributed by atoms with E-state index in [-0.39, 0.29) is 22.6 Å². The maximum Gasteiger partial charge on any atom is 0.294 e. The zero-order chi connectivity index (χ0) is 17.4. The molecule has 7 heteroatoms. The fourth-order valence-electron chi connectivity index (χ4n) is 2.69. The summed E-state index contributed by atoms with van der Waals surface area (Å²) in [5, 5.41) is 12.7. The van der Waals surface area contributed by atoms with Crippen molar-refractivity contribution in [1.29, 1.82) is 5.26 Å². The molecule has 0 unspecified atom stereocenters. The summed E-state index contributed by atoms with van der Waals surface area (Å²) >= 11 is 12.3. The van der Waals surface area contributed by atoms with E-state index in [0.717, 1.165) is 18.4 Å². The Bertz CT molecular complexity index is 897. The van der Waals surface area contributed by atoms with E-state index in [0.29, 0.717) is 22.2 Å². The van der Waals surface area contributed by atoms with Gasteiger partial charge in [-0.15, -0.1) is 0 Å². The molecule has 1 aliphatic rings. The molecule has 5 nitrogen and oxygen atoms in total. The number of nitrogens with zero attached hydrogens (tertiary/aromatic N) is 3. The third kappa shape index (κ3) is 3.26. The molecule has 24 heavy (non-hydrogen) atoms. The lowest BCUT2D eigenvalue weighted by Gasteiger charge is -2.16. The molecule has 2 aromatic rings. The van der Waals surface area contributed by atoms with Crippen LogP contribution in [0.2, 0.25) is 10.2 Å². The summed E-state index contributed by atoms with van der Waals surface area (Å²) in [4.78, 5) is 16.8. The molecule has 124 valence electrons. The molecule has 0 spiro atoms. The lowest BCUT2D eigenvalue weighted by molar-refractivity contribution is 0.470. The van der Waals surface area contributed by atoms with Crippen LogP contribution in [0.1, 0.15) is 36.9 Å². The van der Waals surface area contributed by atoms with Gasteiger partial charge in [-0.3, -0.25) is 4.79 Å². The molecule has 1 N–H and O–H groups in total. The average molecular weight is 363 g/mol. The van der Waals surface area contributed by atoms with Gasteiger partial charge >= 0.3 is 0 Å². The van der Waals surface area contributed by atoms with Crippen LogP contribution in [0, 0.1) is 24.2 Å². The van der Waals surface area contributed by atoms with Crippen LogP contribution >= 0.6 is 23.2 Å². The monoisotopic (exact) mass is 362 g/mol. The van der Waals surface area contributed by atoms with Crippen LogP contribution in [0.5, 0.6) is 0 Å². The number of hydrogen-bond acceptors (Lipinski definition) is 4. The number of rotatable bonds is 4. The van der Waals surface area contributed by atoms with Crippen molar-refractivity contribution in [2.24, 2.45) is 5.92 Å². The minimum atomic E-state index is -0.256. The van der Waals surface area contributed by atoms with Gasteiger partial charge in [-0.25, -0.2) is 4.98 Å². The van der Waals surface area contributed by atoms with Gasteiger partial charge in [0.2, 0.25) is 0 Å². The molecule has 1 aromatic carbocycles. The van der Waals surface area contributed by atoms with Gasteiger partial charge < -0.3 is 9.88 Å². The molecule has 1 heterocycles. The number of anilines is 2. The molecule has 0 aliphatic heterocycles. The van der Waals surface area contributed by atoms with E-state index in [9.17, 15) is 4.79 Å². The smallest absolute Gasteiger partial charge is 0.294 e. The molecule has 0 saturated heterocycles. The SMILES string of the molecule is Cc1cc(Cl)c(Nc2nc(Cl)cn([C@H](C)C3CC3)c2=O)cc1C#N. The Morgan fingerprint density at radius 1 is 1.42 bits per heavy atom. The predicted octanol–water partition coefficient (Wildman–Crippen LogP) is 4.44. The van der Waals surface area contributed by atoms with Gasteiger partial charge in [0.1, 0.15) is 5.15 Å². The molecule has 1 fully saturated rings. The first kappa shape index (κ1) is 16.8. The van der Waals surface area contributed by atoms with E-state index in [1.54, 1.807) is 29.8 Å². The van der Waals surface area contributed by atoms with Gasteiger partial charge in [-0.2, -0.15) is 5.26 Å². The Balaban J connectivity index is 2.02. The van der Waals surface area contributed by atoms with Gasteiger partial charge in [-0.05, 0) is 50.3 Å². The first-order chi connectivity index (χ1) is 11.4. The zero-order valence-electron chi connectivity index (χ0n) is 13.3. The fourth-order valence-corrected chi connectivity index (χ4v) is 3.14. The quantitative estimate of drug-likeness (QED) is 0.872. The van der Waals surface area contributed by atoms with Crippen LogP contribution < -0.4 is 10.9 Å². The van der Waals surface area contributed by atoms with Crippen molar-refractivity contribution in [1.82, 2.24) is 9.55 Å². The Kier molecular flexibility index (Phi) is 4.53. The molecule has 1 aliphatic carbocycles. The van der Waals surface area contributed by atoms with Crippen molar-refractivity contribution in [3.05, 3.63) is 50.0 Å². The topological polar surface area (TPSA) is 70.7 Å². The first-order valence-electron chi connectivity index (χ1n) is 7.66. The van der Waals surface area contributed by atoms with E-state index in [2.05, 4.69) is 16.4 Å². The molecule has 1 aromatic heterocycles. The van der Waals surface area contributed by atoms with Crippen molar-refractivity contribution in [3.8, 4) is 6.07 Å². The fraction of sp³-hybridized carbons (Fsp3) is 0.353. The minimum Gasteiger partial charge on any atom is -0.334 e. The summed E-state index contributed by atoms with van der Waals surface area (Å²) in [6, 6.07) is 5.45. The van der Waals surface area contributed by atoms with Crippen LogP contribution in [0.25, 0.3) is 0 Å². The highest BCUT2D eigenvalue weighted by Crippen LogP contribution is 2.39. The summed E-state index contributed by atoms with van der Waals surface area (Å²) in [5.74, 6) is 0.604. The zero-order valence-corrected chi connectivity index (χ0v) is 14.8. The van der Waals surface area contributed by atoms with Crippen molar-refractivity contribution in [2.45, 2.75) is 32.7 Å². The van der Waals surface area contributed by atoms with Crippen LogP contribution in [0.4, 0.5) is 11.5 Å². The van der Waals surface area contributed by atoms with E-state index < -0.39 is 0 Å². The van der Waals surface area contributed by atoms with E-state index in [1.165, 1.54) is 0 Å². The standard InChI is InChI=1S/C17H16Cl2N4O/c1-9-5-13(18)14(6-12(9)7-20)21-16-17(24)23(8-15(19)22-16)10(2)11-3-4-11/h5-6,8,10-11H,3-4H2,1-2H3,(H,21,22)/t10-/m1/s1. The molecular formula is C17H16Cl2N4O. The second kappa shape index (κ2) is 6.46. The van der Waals surface area contributed by atoms with E-state index in [1.807, 2.05) is 6.92 Å². The van der Waals surface area contributed by atoms with Gasteiger partial charge in [0.15, 0.2) is 5.82 Å². The highest BCUT2D eigenvalue weighted by Gasteiger charge is 2.30. The van der Waals surface area contributed by atoms with Crippen molar-refractivity contribution < 1.29 is 0 Å². The Hall–Kier alpha value is -2.03. The third-order valence-corrected chi connectivity index (χ3v) is 4.83. The molecule has 0 bridgehead atoms. The second-order valence-electron chi connectivity index (χ2n) is 6.09. The van der Waals surface area contributed by atoms with Gasteiger partial charge in [0.25, 0.3) is 5.56 Å². The maximum absolute atomic E-state index is 12.7. The number of benzene rings is 1. The van der Waals surface area contributed by atoms with Crippen LogP contribution in [0.3, 0.4) is 0 Å². The molecule has 3 rings (SSSR count). The highest BCUT2D eigenvalue weighted by atomic mass is 35.5. The molecule has 1 atom stereocenters.